The van der Waals surface area contributed by atoms with Crippen molar-refractivity contribution in [2.75, 3.05) is 5.32 Å². The third-order valence-corrected chi connectivity index (χ3v) is 4.08. The molecule has 1 atom stereocenters. The second-order valence-electron chi connectivity index (χ2n) is 6.13. The molecule has 0 aromatic heterocycles. The van der Waals surface area contributed by atoms with E-state index in [1.54, 1.807) is 54.6 Å². The molecule has 0 aliphatic heterocycles. The van der Waals surface area contributed by atoms with E-state index < -0.39 is 17.9 Å². The van der Waals surface area contributed by atoms with Crippen molar-refractivity contribution < 1.29 is 14.0 Å². The van der Waals surface area contributed by atoms with Crippen LogP contribution >= 0.6 is 0 Å². The second-order valence-corrected chi connectivity index (χ2v) is 6.13. The van der Waals surface area contributed by atoms with E-state index in [9.17, 15) is 14.0 Å². The highest BCUT2D eigenvalue weighted by atomic mass is 19.1. The monoisotopic (exact) mass is 362 g/mol. The molecule has 0 saturated carbocycles. The number of carbonyl (C=O) groups excluding carboxylic acids is 2. The number of carbonyl (C=O) groups is 2. The van der Waals surface area contributed by atoms with Crippen molar-refractivity contribution in [3.05, 3.63) is 101 Å². The molecule has 0 radical (unpaired) electrons. The molecule has 1 unspecified atom stereocenters. The molecule has 1 amide bonds. The summed E-state index contributed by atoms with van der Waals surface area (Å²) in [6.07, 6.45) is -1.11. The summed E-state index contributed by atoms with van der Waals surface area (Å²) < 4.78 is 14.0. The van der Waals surface area contributed by atoms with Gasteiger partial charge in [-0.2, -0.15) is 0 Å². The van der Waals surface area contributed by atoms with E-state index in [4.69, 9.17) is 0 Å². The lowest BCUT2D eigenvalue weighted by Crippen LogP contribution is -2.46. The lowest BCUT2D eigenvalue weighted by Gasteiger charge is -2.21. The summed E-state index contributed by atoms with van der Waals surface area (Å²) in [6.45, 7) is 1.92. The van der Waals surface area contributed by atoms with Gasteiger partial charge in [0, 0.05) is 11.1 Å². The van der Waals surface area contributed by atoms with E-state index in [1.807, 2.05) is 19.1 Å². The number of aryl methyl sites for hydroxylation is 1. The zero-order valence-electron chi connectivity index (χ0n) is 14.8. The van der Waals surface area contributed by atoms with Crippen LogP contribution in [0.25, 0.3) is 0 Å². The largest absolute Gasteiger partial charge is 0.356 e. The standard InChI is InChI=1S/C22H19FN2O2/c1-15-11-13-17(14-12-15)22(27)25-21(20(26)16-7-3-2-4-8-16)24-19-10-6-5-9-18(19)23/h2-14,21,24H,1H3,(H,25,27). The molecule has 136 valence electrons. The van der Waals surface area contributed by atoms with Crippen molar-refractivity contribution in [2.24, 2.45) is 0 Å². The van der Waals surface area contributed by atoms with Gasteiger partial charge < -0.3 is 10.6 Å². The SMILES string of the molecule is Cc1ccc(C(=O)NC(Nc2ccccc2F)C(=O)c2ccccc2)cc1. The van der Waals surface area contributed by atoms with Crippen LogP contribution < -0.4 is 10.6 Å². The smallest absolute Gasteiger partial charge is 0.253 e. The van der Waals surface area contributed by atoms with Crippen molar-refractivity contribution in [3.63, 3.8) is 0 Å². The lowest BCUT2D eigenvalue weighted by molar-refractivity contribution is 0.0869. The first kappa shape index (κ1) is 18.3. The van der Waals surface area contributed by atoms with Gasteiger partial charge in [0.2, 0.25) is 5.78 Å². The minimum atomic E-state index is -1.11. The molecule has 4 nitrogen and oxygen atoms in total. The number of halogens is 1. The fourth-order valence-electron chi connectivity index (χ4n) is 2.59. The molecule has 27 heavy (non-hydrogen) atoms. The molecule has 0 saturated heterocycles. The van der Waals surface area contributed by atoms with Crippen LogP contribution in [0.5, 0.6) is 0 Å². The minimum Gasteiger partial charge on any atom is -0.356 e. The number of ketones is 1. The Bertz CT molecular complexity index is 940. The summed E-state index contributed by atoms with van der Waals surface area (Å²) in [5.74, 6) is -1.29. The highest BCUT2D eigenvalue weighted by Gasteiger charge is 2.23. The van der Waals surface area contributed by atoms with Crippen molar-refractivity contribution in [2.45, 2.75) is 13.1 Å². The minimum absolute atomic E-state index is 0.135. The molecule has 3 aromatic carbocycles. The highest BCUT2D eigenvalue weighted by Crippen LogP contribution is 2.15. The van der Waals surface area contributed by atoms with Gasteiger partial charge in [0.15, 0.2) is 6.17 Å². The molecule has 3 aromatic rings. The molecule has 0 spiro atoms. The Hall–Kier alpha value is -3.47. The summed E-state index contributed by atoms with van der Waals surface area (Å²) in [7, 11) is 0. The van der Waals surface area contributed by atoms with Crippen molar-refractivity contribution in [1.82, 2.24) is 5.32 Å². The number of hydrogen-bond acceptors (Lipinski definition) is 3. The van der Waals surface area contributed by atoms with E-state index >= 15 is 0 Å². The first-order chi connectivity index (χ1) is 13.0. The number of rotatable bonds is 6. The van der Waals surface area contributed by atoms with Gasteiger partial charge >= 0.3 is 0 Å². The summed E-state index contributed by atoms with van der Waals surface area (Å²) in [6, 6.07) is 21.5. The average molecular weight is 362 g/mol. The third kappa shape index (κ3) is 4.58. The van der Waals surface area contributed by atoms with Crippen LogP contribution in [0, 0.1) is 12.7 Å². The van der Waals surface area contributed by atoms with Crippen LogP contribution in [-0.4, -0.2) is 17.9 Å². The molecule has 0 heterocycles. The number of anilines is 1. The van der Waals surface area contributed by atoms with Gasteiger partial charge in [-0.25, -0.2) is 4.39 Å². The van der Waals surface area contributed by atoms with Crippen LogP contribution in [0.4, 0.5) is 10.1 Å². The van der Waals surface area contributed by atoms with E-state index in [1.165, 1.54) is 12.1 Å². The van der Waals surface area contributed by atoms with Crippen LogP contribution in [-0.2, 0) is 0 Å². The Morgan fingerprint density at radius 1 is 0.815 bits per heavy atom. The van der Waals surface area contributed by atoms with Gasteiger partial charge in [-0.3, -0.25) is 9.59 Å². The summed E-state index contributed by atoms with van der Waals surface area (Å²) in [4.78, 5) is 25.5. The zero-order chi connectivity index (χ0) is 19.2. The normalized spacial score (nSPS) is 11.5. The maximum atomic E-state index is 14.0. The molecule has 0 aliphatic rings. The number of hydrogen-bond donors (Lipinski definition) is 2. The quantitative estimate of drug-likeness (QED) is 0.511. The summed E-state index contributed by atoms with van der Waals surface area (Å²) in [5.41, 5.74) is 1.99. The van der Waals surface area contributed by atoms with Crippen molar-refractivity contribution in [3.8, 4) is 0 Å². The maximum absolute atomic E-state index is 14.0. The number of Topliss-reactive ketones (excluding diaryl/α,β-unsaturated/α-hetero) is 1. The fraction of sp³-hybridized carbons (Fsp3) is 0.0909. The van der Waals surface area contributed by atoms with Crippen molar-refractivity contribution in [1.29, 1.82) is 0 Å². The number of amides is 1. The topological polar surface area (TPSA) is 58.2 Å². The lowest BCUT2D eigenvalue weighted by atomic mass is 10.1. The summed E-state index contributed by atoms with van der Waals surface area (Å²) >= 11 is 0. The zero-order valence-corrected chi connectivity index (χ0v) is 14.8. The molecular weight excluding hydrogens is 343 g/mol. The van der Waals surface area contributed by atoms with E-state index in [0.717, 1.165) is 5.56 Å². The van der Waals surface area contributed by atoms with E-state index in [2.05, 4.69) is 10.6 Å². The Morgan fingerprint density at radius 3 is 2.11 bits per heavy atom. The predicted molar refractivity (Wildman–Crippen MR) is 103 cm³/mol. The fourth-order valence-corrected chi connectivity index (χ4v) is 2.59. The van der Waals surface area contributed by atoms with Crippen LogP contribution in [0.2, 0.25) is 0 Å². The first-order valence-corrected chi connectivity index (χ1v) is 8.52. The molecule has 5 heteroatoms. The molecule has 0 fully saturated rings. The van der Waals surface area contributed by atoms with Gasteiger partial charge in [0.1, 0.15) is 5.82 Å². The van der Waals surface area contributed by atoms with E-state index in [-0.39, 0.29) is 11.5 Å². The Labute approximate surface area is 157 Å². The van der Waals surface area contributed by atoms with E-state index in [0.29, 0.717) is 11.1 Å². The summed E-state index contributed by atoms with van der Waals surface area (Å²) in [5, 5.41) is 5.46. The Balaban J connectivity index is 1.87. The van der Waals surface area contributed by atoms with Gasteiger partial charge in [0.05, 0.1) is 5.69 Å². The Kier molecular flexibility index (Phi) is 5.61. The highest BCUT2D eigenvalue weighted by molar-refractivity contribution is 6.05. The second kappa shape index (κ2) is 8.27. The van der Waals surface area contributed by atoms with Crippen LogP contribution in [0.3, 0.4) is 0 Å². The number of nitrogens with one attached hydrogen (secondary N) is 2. The predicted octanol–water partition coefficient (Wildman–Crippen LogP) is 4.19. The number of benzene rings is 3. The van der Waals surface area contributed by atoms with Gasteiger partial charge in [-0.1, -0.05) is 60.2 Å². The molecular formula is C22H19FN2O2. The first-order valence-electron chi connectivity index (χ1n) is 8.52. The number of para-hydroxylation sites is 1. The van der Waals surface area contributed by atoms with Crippen molar-refractivity contribution >= 4 is 17.4 Å². The van der Waals surface area contributed by atoms with Gasteiger partial charge in [0.25, 0.3) is 5.91 Å². The van der Waals surface area contributed by atoms with Crippen LogP contribution in [0.15, 0.2) is 78.9 Å². The van der Waals surface area contributed by atoms with Crippen LogP contribution in [0.1, 0.15) is 26.3 Å². The molecule has 0 bridgehead atoms. The molecule has 0 aliphatic carbocycles. The Morgan fingerprint density at radius 2 is 1.44 bits per heavy atom. The van der Waals surface area contributed by atoms with Gasteiger partial charge in [-0.05, 0) is 31.2 Å². The molecule has 2 N–H and O–H groups in total. The van der Waals surface area contributed by atoms with Gasteiger partial charge in [-0.15, -0.1) is 0 Å². The average Bonchev–Trinajstić information content (AvgIpc) is 2.69. The third-order valence-electron chi connectivity index (χ3n) is 4.08. The maximum Gasteiger partial charge on any atom is 0.253 e. The molecule has 3 rings (SSSR count).